The van der Waals surface area contributed by atoms with Crippen LogP contribution in [-0.4, -0.2) is 46.9 Å². The highest BCUT2D eigenvalue weighted by atomic mass is 32.2. The van der Waals surface area contributed by atoms with Crippen LogP contribution in [0.2, 0.25) is 0 Å². The SMILES string of the molecule is CN(C)c1cccc2c(S(=O)(=O)OCC[C@H]3C[C@]4(NC(=O)C(F)(F)F)Nc5cc(Sc6ccccc6)ccc5[C@H]34)cccc12. The van der Waals surface area contributed by atoms with Crippen LogP contribution >= 0.6 is 11.8 Å². The predicted octanol–water partition coefficient (Wildman–Crippen LogP) is 6.76. The zero-order valence-electron chi connectivity index (χ0n) is 23.9. The highest BCUT2D eigenvalue weighted by molar-refractivity contribution is 7.99. The van der Waals surface area contributed by atoms with Gasteiger partial charge in [0, 0.05) is 52.0 Å². The molecular formula is C32H30F3N3O4S2. The highest BCUT2D eigenvalue weighted by Crippen LogP contribution is 2.59. The molecule has 0 saturated heterocycles. The molecule has 1 amide bonds. The van der Waals surface area contributed by atoms with E-state index in [0.717, 1.165) is 26.4 Å². The van der Waals surface area contributed by atoms with E-state index in [9.17, 15) is 26.4 Å². The molecular weight excluding hydrogens is 611 g/mol. The average Bonchev–Trinajstić information content (AvgIpc) is 3.21. The largest absolute Gasteiger partial charge is 0.471 e. The minimum atomic E-state index is -5.04. The Morgan fingerprint density at radius 3 is 2.45 bits per heavy atom. The number of hydrogen-bond donors (Lipinski definition) is 2. The number of amides is 1. The van der Waals surface area contributed by atoms with Gasteiger partial charge in [0.05, 0.1) is 6.61 Å². The third-order valence-corrected chi connectivity index (χ3v) is 10.6. The Labute approximate surface area is 257 Å². The van der Waals surface area contributed by atoms with Crippen LogP contribution in [0.25, 0.3) is 10.8 Å². The van der Waals surface area contributed by atoms with Crippen LogP contribution in [0.15, 0.2) is 99.6 Å². The average molecular weight is 642 g/mol. The smallest absolute Gasteiger partial charge is 0.377 e. The van der Waals surface area contributed by atoms with Crippen molar-refractivity contribution in [3.63, 3.8) is 0 Å². The lowest BCUT2D eigenvalue weighted by atomic mass is 9.62. The van der Waals surface area contributed by atoms with Crippen LogP contribution in [0.3, 0.4) is 0 Å². The van der Waals surface area contributed by atoms with E-state index in [4.69, 9.17) is 4.18 Å². The first-order valence-corrected chi connectivity index (χ1v) is 16.2. The van der Waals surface area contributed by atoms with Crippen molar-refractivity contribution in [2.75, 3.05) is 30.9 Å². The molecule has 1 aliphatic carbocycles. The van der Waals surface area contributed by atoms with Gasteiger partial charge in [-0.05, 0) is 60.7 Å². The molecule has 1 saturated carbocycles. The third-order valence-electron chi connectivity index (χ3n) is 8.21. The molecule has 12 heteroatoms. The molecule has 4 aromatic rings. The first-order chi connectivity index (χ1) is 20.9. The normalized spacial score (nSPS) is 20.8. The standard InChI is InChI=1S/C32H30F3N3O4S2/c1-38(2)27-12-6-11-24-23(27)10-7-13-28(24)44(40,41)42-17-16-20-19-31(37-30(39)32(33,34)35)29(20)25-15-14-22(18-26(25)36-31)43-21-8-4-3-5-9-21/h3-15,18,20,29,36H,16-17,19H2,1-2H3,(H,37,39)/t20-,29-,31+/m0/s1. The van der Waals surface area contributed by atoms with Gasteiger partial charge in [0.15, 0.2) is 0 Å². The van der Waals surface area contributed by atoms with Crippen molar-refractivity contribution in [3.05, 3.63) is 90.5 Å². The number of nitrogens with zero attached hydrogens (tertiary/aromatic N) is 1. The number of carbonyl (C=O) groups is 1. The molecule has 230 valence electrons. The van der Waals surface area contributed by atoms with Crippen LogP contribution in [0, 0.1) is 5.92 Å². The van der Waals surface area contributed by atoms with Crippen LogP contribution in [-0.2, 0) is 19.1 Å². The van der Waals surface area contributed by atoms with Crippen LogP contribution < -0.4 is 15.5 Å². The minimum Gasteiger partial charge on any atom is -0.377 e. The number of fused-ring (bicyclic) bond motifs is 4. The van der Waals surface area contributed by atoms with E-state index in [-0.39, 0.29) is 30.3 Å². The topological polar surface area (TPSA) is 87.7 Å². The van der Waals surface area contributed by atoms with Gasteiger partial charge in [0.1, 0.15) is 10.6 Å². The number of halogens is 3. The predicted molar refractivity (Wildman–Crippen MR) is 164 cm³/mol. The summed E-state index contributed by atoms with van der Waals surface area (Å²) in [6.45, 7) is -0.159. The Bertz CT molecular complexity index is 1830. The molecule has 2 aliphatic rings. The summed E-state index contributed by atoms with van der Waals surface area (Å²) in [6, 6.07) is 25.7. The Balaban J connectivity index is 1.21. The fourth-order valence-electron chi connectivity index (χ4n) is 6.34. The number of rotatable bonds is 9. The van der Waals surface area contributed by atoms with Gasteiger partial charge in [-0.25, -0.2) is 0 Å². The van der Waals surface area contributed by atoms with E-state index in [1.165, 1.54) is 17.8 Å². The first-order valence-electron chi connectivity index (χ1n) is 14.0. The number of benzene rings is 4. The van der Waals surface area contributed by atoms with Gasteiger partial charge in [-0.2, -0.15) is 21.6 Å². The lowest BCUT2D eigenvalue weighted by Gasteiger charge is -2.51. The molecule has 4 aromatic carbocycles. The van der Waals surface area contributed by atoms with E-state index in [0.29, 0.717) is 11.1 Å². The van der Waals surface area contributed by atoms with Gasteiger partial charge < -0.3 is 15.5 Å². The number of nitrogens with one attached hydrogen (secondary N) is 2. The van der Waals surface area contributed by atoms with Crippen molar-refractivity contribution in [3.8, 4) is 0 Å². The van der Waals surface area contributed by atoms with Gasteiger partial charge in [-0.15, -0.1) is 0 Å². The maximum Gasteiger partial charge on any atom is 0.471 e. The number of hydrogen-bond acceptors (Lipinski definition) is 7. The Morgan fingerprint density at radius 2 is 1.73 bits per heavy atom. The summed E-state index contributed by atoms with van der Waals surface area (Å²) < 4.78 is 72.0. The molecule has 1 heterocycles. The molecule has 0 bridgehead atoms. The summed E-state index contributed by atoms with van der Waals surface area (Å²) in [5, 5.41) is 6.67. The van der Waals surface area contributed by atoms with Crippen LogP contribution in [0.4, 0.5) is 24.5 Å². The number of alkyl halides is 3. The summed E-state index contributed by atoms with van der Waals surface area (Å²) in [5.41, 5.74) is 0.951. The zero-order valence-corrected chi connectivity index (χ0v) is 25.5. The highest BCUT2D eigenvalue weighted by Gasteiger charge is 2.61. The molecule has 7 nitrogen and oxygen atoms in total. The van der Waals surface area contributed by atoms with E-state index in [1.54, 1.807) is 18.2 Å². The van der Waals surface area contributed by atoms with Crippen LogP contribution in [0.1, 0.15) is 24.3 Å². The summed E-state index contributed by atoms with van der Waals surface area (Å²) in [4.78, 5) is 15.9. The lowest BCUT2D eigenvalue weighted by molar-refractivity contribution is -0.177. The van der Waals surface area contributed by atoms with Gasteiger partial charge in [0.2, 0.25) is 0 Å². The molecule has 0 spiro atoms. The zero-order chi connectivity index (χ0) is 31.3. The Kier molecular flexibility index (Phi) is 7.79. The van der Waals surface area contributed by atoms with Crippen molar-refractivity contribution < 1.29 is 30.6 Å². The molecule has 3 atom stereocenters. The van der Waals surface area contributed by atoms with Gasteiger partial charge in [0.25, 0.3) is 10.1 Å². The second-order valence-corrected chi connectivity index (χ2v) is 14.0. The summed E-state index contributed by atoms with van der Waals surface area (Å²) in [5.74, 6) is -2.74. The lowest BCUT2D eigenvalue weighted by Crippen LogP contribution is -2.66. The van der Waals surface area contributed by atoms with E-state index < -0.39 is 33.8 Å². The quantitative estimate of drug-likeness (QED) is 0.196. The third kappa shape index (κ3) is 5.62. The van der Waals surface area contributed by atoms with E-state index in [1.807, 2.05) is 79.7 Å². The van der Waals surface area contributed by atoms with Crippen molar-refractivity contribution >= 4 is 49.9 Å². The van der Waals surface area contributed by atoms with Crippen molar-refractivity contribution in [1.82, 2.24) is 5.32 Å². The minimum absolute atomic E-state index is 0.0513. The molecule has 44 heavy (non-hydrogen) atoms. The summed E-state index contributed by atoms with van der Waals surface area (Å²) in [6.07, 6.45) is -4.60. The van der Waals surface area contributed by atoms with Crippen molar-refractivity contribution in [2.45, 2.75) is 45.3 Å². The molecule has 0 aromatic heterocycles. The second-order valence-electron chi connectivity index (χ2n) is 11.2. The fraction of sp³-hybridized carbons (Fsp3) is 0.281. The van der Waals surface area contributed by atoms with E-state index >= 15 is 0 Å². The molecule has 6 rings (SSSR count). The Morgan fingerprint density at radius 1 is 1.00 bits per heavy atom. The van der Waals surface area contributed by atoms with Crippen molar-refractivity contribution in [1.29, 1.82) is 0 Å². The molecule has 1 aliphatic heterocycles. The number of carbonyl (C=O) groups excluding carboxylic acids is 1. The van der Waals surface area contributed by atoms with Gasteiger partial charge in [-0.1, -0.05) is 60.3 Å². The molecule has 0 unspecified atom stereocenters. The van der Waals surface area contributed by atoms with Crippen LogP contribution in [0.5, 0.6) is 0 Å². The van der Waals surface area contributed by atoms with Crippen molar-refractivity contribution in [2.24, 2.45) is 5.92 Å². The fourth-order valence-corrected chi connectivity index (χ4v) is 8.35. The number of anilines is 2. The molecule has 1 fully saturated rings. The second kappa shape index (κ2) is 11.3. The maximum absolute atomic E-state index is 13.3. The first kappa shape index (κ1) is 30.3. The summed E-state index contributed by atoms with van der Waals surface area (Å²) in [7, 11) is -0.384. The summed E-state index contributed by atoms with van der Waals surface area (Å²) >= 11 is 1.52. The van der Waals surface area contributed by atoms with E-state index in [2.05, 4.69) is 10.6 Å². The molecule has 2 N–H and O–H groups in total. The Hall–Kier alpha value is -3.74. The molecule has 0 radical (unpaired) electrons. The van der Waals surface area contributed by atoms with Gasteiger partial charge >= 0.3 is 12.1 Å². The maximum atomic E-state index is 13.3. The monoisotopic (exact) mass is 641 g/mol. The van der Waals surface area contributed by atoms with Gasteiger partial charge in [-0.3, -0.25) is 8.98 Å².